The van der Waals surface area contributed by atoms with Gasteiger partial charge in [0.2, 0.25) is 0 Å². The highest BCUT2D eigenvalue weighted by Crippen LogP contribution is 2.23. The summed E-state index contributed by atoms with van der Waals surface area (Å²) in [5.41, 5.74) is 0. The topological polar surface area (TPSA) is 18.5 Å². The molecule has 1 saturated heterocycles. The zero-order valence-electron chi connectivity index (χ0n) is 9.08. The molecule has 0 aromatic rings. The first kappa shape index (κ1) is 11.0. The molecule has 0 aromatic carbocycles. The maximum absolute atomic E-state index is 5.79. The summed E-state index contributed by atoms with van der Waals surface area (Å²) in [6.45, 7) is 7.42. The molecule has 0 radical (unpaired) electrons. The molecule has 2 nitrogen and oxygen atoms in total. The van der Waals surface area contributed by atoms with E-state index in [4.69, 9.17) is 9.47 Å². The predicted molar refractivity (Wildman–Crippen MR) is 53.6 cm³/mol. The lowest BCUT2D eigenvalue weighted by molar-refractivity contribution is -0.0708. The normalized spacial score (nSPS) is 30.7. The minimum absolute atomic E-state index is 0.0824. The Bertz CT molecular complexity index is 136. The van der Waals surface area contributed by atoms with Gasteiger partial charge in [-0.05, 0) is 18.8 Å². The van der Waals surface area contributed by atoms with Gasteiger partial charge in [-0.3, -0.25) is 0 Å². The van der Waals surface area contributed by atoms with Gasteiger partial charge in [-0.1, -0.05) is 33.6 Å². The Morgan fingerprint density at radius 1 is 1.38 bits per heavy atom. The molecule has 1 fully saturated rings. The van der Waals surface area contributed by atoms with Crippen LogP contribution in [0.5, 0.6) is 0 Å². The Morgan fingerprint density at radius 3 is 2.77 bits per heavy atom. The molecule has 1 aliphatic heterocycles. The summed E-state index contributed by atoms with van der Waals surface area (Å²) in [5, 5.41) is 0. The molecule has 0 amide bonds. The summed E-state index contributed by atoms with van der Waals surface area (Å²) in [6.07, 6.45) is 5.08. The van der Waals surface area contributed by atoms with Gasteiger partial charge in [0.15, 0.2) is 6.29 Å². The summed E-state index contributed by atoms with van der Waals surface area (Å²) < 4.78 is 11.4. The lowest BCUT2D eigenvalue weighted by Gasteiger charge is -2.16. The number of ether oxygens (including phenoxy) is 2. The first-order chi connectivity index (χ1) is 6.27. The molecule has 0 saturated carbocycles. The molecule has 1 rings (SSSR count). The molecule has 1 aliphatic rings. The van der Waals surface area contributed by atoms with Crippen molar-refractivity contribution >= 4 is 0 Å². The lowest BCUT2D eigenvalue weighted by Crippen LogP contribution is -2.20. The first-order valence-corrected chi connectivity index (χ1v) is 5.55. The fourth-order valence-electron chi connectivity index (χ4n) is 1.56. The van der Waals surface area contributed by atoms with Gasteiger partial charge in [-0.15, -0.1) is 0 Å². The van der Waals surface area contributed by atoms with Crippen LogP contribution in [0, 0.1) is 5.92 Å². The lowest BCUT2D eigenvalue weighted by atomic mass is 10.0. The number of unbranched alkanes of at least 4 members (excludes halogenated alkanes) is 1. The van der Waals surface area contributed by atoms with E-state index in [2.05, 4.69) is 20.8 Å². The second-order valence-corrected chi connectivity index (χ2v) is 3.97. The Morgan fingerprint density at radius 2 is 2.15 bits per heavy atom. The molecular weight excluding hydrogens is 164 g/mol. The molecular formula is C11H22O2. The average molecular weight is 186 g/mol. The van der Waals surface area contributed by atoms with Gasteiger partial charge in [-0.25, -0.2) is 0 Å². The Hall–Kier alpha value is -0.0800. The molecule has 2 heteroatoms. The van der Waals surface area contributed by atoms with Crippen LogP contribution in [0.1, 0.15) is 46.5 Å². The van der Waals surface area contributed by atoms with Crippen molar-refractivity contribution in [3.05, 3.63) is 0 Å². The molecule has 13 heavy (non-hydrogen) atoms. The van der Waals surface area contributed by atoms with E-state index in [0.29, 0.717) is 12.0 Å². The molecule has 0 bridgehead atoms. The second-order valence-electron chi connectivity index (χ2n) is 3.97. The van der Waals surface area contributed by atoms with Crippen LogP contribution >= 0.6 is 0 Å². The fourth-order valence-corrected chi connectivity index (χ4v) is 1.56. The van der Waals surface area contributed by atoms with Crippen molar-refractivity contribution in [1.29, 1.82) is 0 Å². The van der Waals surface area contributed by atoms with Gasteiger partial charge < -0.3 is 9.47 Å². The Kier molecular flexibility index (Phi) is 4.74. The molecule has 2 unspecified atom stereocenters. The van der Waals surface area contributed by atoms with Crippen molar-refractivity contribution in [2.75, 3.05) is 6.61 Å². The summed E-state index contributed by atoms with van der Waals surface area (Å²) in [6, 6.07) is 0. The maximum atomic E-state index is 5.79. The SMILES string of the molecule is CCCCC1OCC([C@@H](C)CC)O1. The van der Waals surface area contributed by atoms with Crippen molar-refractivity contribution < 1.29 is 9.47 Å². The Balaban J connectivity index is 2.19. The number of rotatable bonds is 5. The molecule has 0 spiro atoms. The van der Waals surface area contributed by atoms with Crippen LogP contribution in [0.4, 0.5) is 0 Å². The third-order valence-corrected chi connectivity index (χ3v) is 2.84. The average Bonchev–Trinajstić information content (AvgIpc) is 2.62. The van der Waals surface area contributed by atoms with E-state index in [1.54, 1.807) is 0 Å². The molecule has 0 N–H and O–H groups in total. The third kappa shape index (κ3) is 3.28. The molecule has 1 heterocycles. The minimum atomic E-state index is 0.0824. The molecule has 3 atom stereocenters. The van der Waals surface area contributed by atoms with Crippen LogP contribution in [-0.2, 0) is 9.47 Å². The number of hydrogen-bond donors (Lipinski definition) is 0. The zero-order valence-corrected chi connectivity index (χ0v) is 9.08. The van der Waals surface area contributed by atoms with E-state index >= 15 is 0 Å². The van der Waals surface area contributed by atoms with E-state index in [-0.39, 0.29) is 6.29 Å². The third-order valence-electron chi connectivity index (χ3n) is 2.84. The van der Waals surface area contributed by atoms with Crippen molar-refractivity contribution in [1.82, 2.24) is 0 Å². The minimum Gasteiger partial charge on any atom is -0.350 e. The second kappa shape index (κ2) is 5.61. The van der Waals surface area contributed by atoms with Gasteiger partial charge in [0.05, 0.1) is 12.7 Å². The quantitative estimate of drug-likeness (QED) is 0.657. The van der Waals surface area contributed by atoms with Crippen molar-refractivity contribution in [2.24, 2.45) is 5.92 Å². The van der Waals surface area contributed by atoms with E-state index in [9.17, 15) is 0 Å². The van der Waals surface area contributed by atoms with Crippen LogP contribution in [0.2, 0.25) is 0 Å². The Labute approximate surface area is 81.6 Å². The van der Waals surface area contributed by atoms with Crippen LogP contribution in [0.3, 0.4) is 0 Å². The first-order valence-electron chi connectivity index (χ1n) is 5.55. The van der Waals surface area contributed by atoms with Gasteiger partial charge in [-0.2, -0.15) is 0 Å². The highest BCUT2D eigenvalue weighted by atomic mass is 16.7. The van der Waals surface area contributed by atoms with Crippen LogP contribution < -0.4 is 0 Å². The molecule has 0 aromatic heterocycles. The van der Waals surface area contributed by atoms with E-state index in [0.717, 1.165) is 13.0 Å². The molecule has 78 valence electrons. The summed E-state index contributed by atoms with van der Waals surface area (Å²) in [5.74, 6) is 0.631. The summed E-state index contributed by atoms with van der Waals surface area (Å²) in [4.78, 5) is 0. The van der Waals surface area contributed by atoms with Crippen molar-refractivity contribution in [3.63, 3.8) is 0 Å². The highest BCUT2D eigenvalue weighted by Gasteiger charge is 2.28. The maximum Gasteiger partial charge on any atom is 0.158 e. The van der Waals surface area contributed by atoms with Crippen molar-refractivity contribution in [3.8, 4) is 0 Å². The van der Waals surface area contributed by atoms with E-state index in [1.807, 2.05) is 0 Å². The summed E-state index contributed by atoms with van der Waals surface area (Å²) in [7, 11) is 0. The predicted octanol–water partition coefficient (Wildman–Crippen LogP) is 2.96. The van der Waals surface area contributed by atoms with Gasteiger partial charge in [0.1, 0.15) is 0 Å². The monoisotopic (exact) mass is 186 g/mol. The van der Waals surface area contributed by atoms with Gasteiger partial charge in [0, 0.05) is 0 Å². The zero-order chi connectivity index (χ0) is 9.68. The van der Waals surface area contributed by atoms with E-state index < -0.39 is 0 Å². The smallest absolute Gasteiger partial charge is 0.158 e. The van der Waals surface area contributed by atoms with Gasteiger partial charge >= 0.3 is 0 Å². The number of hydrogen-bond acceptors (Lipinski definition) is 2. The van der Waals surface area contributed by atoms with Crippen LogP contribution in [0.25, 0.3) is 0 Å². The molecule has 0 aliphatic carbocycles. The highest BCUT2D eigenvalue weighted by molar-refractivity contribution is 4.70. The standard InChI is InChI=1S/C11H22O2/c1-4-6-7-11-12-8-10(13-11)9(3)5-2/h9-11H,4-8H2,1-3H3/t9-,10?,11?/m0/s1. The van der Waals surface area contributed by atoms with Crippen molar-refractivity contribution in [2.45, 2.75) is 58.8 Å². The largest absolute Gasteiger partial charge is 0.350 e. The fraction of sp³-hybridized carbons (Fsp3) is 1.00. The van der Waals surface area contributed by atoms with Gasteiger partial charge in [0.25, 0.3) is 0 Å². The van der Waals surface area contributed by atoms with E-state index in [1.165, 1.54) is 19.3 Å². The summed E-state index contributed by atoms with van der Waals surface area (Å²) >= 11 is 0. The van der Waals surface area contributed by atoms with Crippen LogP contribution in [0.15, 0.2) is 0 Å². The van der Waals surface area contributed by atoms with Crippen LogP contribution in [-0.4, -0.2) is 19.0 Å².